The SMILES string of the molecule is C[C@H]1CC(F)(F)c2[nH]nc(C(F)(F)F)c21. The highest BCUT2D eigenvalue weighted by molar-refractivity contribution is 5.38. The highest BCUT2D eigenvalue weighted by Gasteiger charge is 2.51. The Balaban J connectivity index is 2.58. The molecule has 1 aromatic heterocycles. The highest BCUT2D eigenvalue weighted by atomic mass is 19.4. The molecule has 0 radical (unpaired) electrons. The maximum absolute atomic E-state index is 13.2. The predicted molar refractivity (Wildman–Crippen MR) is 40.5 cm³/mol. The van der Waals surface area contributed by atoms with Crippen molar-refractivity contribution in [3.8, 4) is 0 Å². The van der Waals surface area contributed by atoms with Crippen molar-refractivity contribution in [1.82, 2.24) is 10.2 Å². The average Bonchev–Trinajstić information content (AvgIpc) is 2.51. The van der Waals surface area contributed by atoms with Crippen LogP contribution in [-0.2, 0) is 12.1 Å². The number of halogens is 5. The van der Waals surface area contributed by atoms with E-state index in [0.717, 1.165) is 0 Å². The summed E-state index contributed by atoms with van der Waals surface area (Å²) >= 11 is 0. The molecule has 1 heterocycles. The molecule has 0 bridgehead atoms. The first kappa shape index (κ1) is 10.4. The molecule has 7 heteroatoms. The third kappa shape index (κ3) is 1.40. The Morgan fingerprint density at radius 2 is 2.00 bits per heavy atom. The zero-order valence-corrected chi connectivity index (χ0v) is 7.62. The predicted octanol–water partition coefficient (Wildman–Crippen LogP) is 3.03. The Morgan fingerprint density at radius 1 is 1.40 bits per heavy atom. The van der Waals surface area contributed by atoms with Gasteiger partial charge in [-0.15, -0.1) is 0 Å². The molecule has 1 N–H and O–H groups in total. The number of hydrogen-bond acceptors (Lipinski definition) is 1. The summed E-state index contributed by atoms with van der Waals surface area (Å²) in [6.45, 7) is 1.34. The second-order valence-corrected chi connectivity index (χ2v) is 3.67. The average molecular weight is 226 g/mol. The fourth-order valence-corrected chi connectivity index (χ4v) is 1.91. The lowest BCUT2D eigenvalue weighted by Crippen LogP contribution is -2.10. The molecule has 1 aliphatic rings. The molecule has 0 spiro atoms. The molecule has 1 aromatic rings. The molecule has 0 amide bonds. The molecule has 2 nitrogen and oxygen atoms in total. The molecule has 0 aliphatic heterocycles. The Kier molecular flexibility index (Phi) is 1.87. The zero-order valence-electron chi connectivity index (χ0n) is 7.62. The first-order valence-electron chi connectivity index (χ1n) is 4.27. The van der Waals surface area contributed by atoms with E-state index in [-0.39, 0.29) is 0 Å². The third-order valence-electron chi connectivity index (χ3n) is 2.49. The van der Waals surface area contributed by atoms with E-state index >= 15 is 0 Å². The van der Waals surface area contributed by atoms with Gasteiger partial charge in [-0.25, -0.2) is 0 Å². The van der Waals surface area contributed by atoms with Gasteiger partial charge in [-0.05, 0) is 5.92 Å². The van der Waals surface area contributed by atoms with E-state index in [1.807, 2.05) is 0 Å². The Hall–Kier alpha value is -1.14. The summed E-state index contributed by atoms with van der Waals surface area (Å²) in [4.78, 5) is 0. The van der Waals surface area contributed by atoms with Gasteiger partial charge < -0.3 is 0 Å². The standard InChI is InChI=1S/C8H7F5N2/c1-3-2-7(9,10)5-4(3)6(15-14-5)8(11,12)13/h3H,2H2,1H3,(H,14,15)/t3-/m0/s1. The van der Waals surface area contributed by atoms with Crippen LogP contribution in [-0.4, -0.2) is 10.2 Å². The molecular weight excluding hydrogens is 219 g/mol. The molecule has 1 atom stereocenters. The van der Waals surface area contributed by atoms with E-state index in [1.165, 1.54) is 6.92 Å². The molecule has 84 valence electrons. The van der Waals surface area contributed by atoms with Crippen molar-refractivity contribution in [3.05, 3.63) is 17.0 Å². The van der Waals surface area contributed by atoms with E-state index in [0.29, 0.717) is 0 Å². The van der Waals surface area contributed by atoms with Gasteiger partial charge in [-0.3, -0.25) is 5.10 Å². The molecule has 2 rings (SSSR count). The molecular formula is C8H7F5N2. The smallest absolute Gasteiger partial charge is 0.276 e. The number of alkyl halides is 5. The largest absolute Gasteiger partial charge is 0.435 e. The van der Waals surface area contributed by atoms with Crippen LogP contribution in [0.1, 0.15) is 36.2 Å². The zero-order chi connectivity index (χ0) is 11.4. The molecule has 0 unspecified atom stereocenters. The number of aromatic amines is 1. The monoisotopic (exact) mass is 226 g/mol. The van der Waals surface area contributed by atoms with Crippen LogP contribution in [0, 0.1) is 0 Å². The Bertz CT molecular complexity index is 392. The van der Waals surface area contributed by atoms with Gasteiger partial charge >= 0.3 is 6.18 Å². The summed E-state index contributed by atoms with van der Waals surface area (Å²) < 4.78 is 63.4. The first-order chi connectivity index (χ1) is 6.73. The molecule has 0 saturated heterocycles. The number of aromatic nitrogens is 2. The number of fused-ring (bicyclic) bond motifs is 1. The van der Waals surface area contributed by atoms with Gasteiger partial charge in [0, 0.05) is 12.0 Å². The number of nitrogens with one attached hydrogen (secondary N) is 1. The minimum absolute atomic E-state index is 0.396. The summed E-state index contributed by atoms with van der Waals surface area (Å²) in [5.74, 6) is -4.06. The fourth-order valence-electron chi connectivity index (χ4n) is 1.91. The lowest BCUT2D eigenvalue weighted by atomic mass is 10.0. The van der Waals surface area contributed by atoms with Crippen molar-refractivity contribution in [3.63, 3.8) is 0 Å². The summed E-state index contributed by atoms with van der Waals surface area (Å²) in [5, 5.41) is 4.72. The van der Waals surface area contributed by atoms with Crippen molar-refractivity contribution < 1.29 is 22.0 Å². The van der Waals surface area contributed by atoms with E-state index < -0.39 is 41.4 Å². The van der Waals surface area contributed by atoms with Crippen molar-refractivity contribution in [2.75, 3.05) is 0 Å². The highest BCUT2D eigenvalue weighted by Crippen LogP contribution is 2.50. The van der Waals surface area contributed by atoms with E-state index in [4.69, 9.17) is 0 Å². The fraction of sp³-hybridized carbons (Fsp3) is 0.625. The van der Waals surface area contributed by atoms with Gasteiger partial charge in [-0.2, -0.15) is 27.1 Å². The quantitative estimate of drug-likeness (QED) is 0.677. The van der Waals surface area contributed by atoms with E-state index in [1.54, 1.807) is 5.10 Å². The van der Waals surface area contributed by atoms with Gasteiger partial charge in [0.25, 0.3) is 5.92 Å². The van der Waals surface area contributed by atoms with Gasteiger partial charge in [0.15, 0.2) is 5.69 Å². The third-order valence-corrected chi connectivity index (χ3v) is 2.49. The maximum Gasteiger partial charge on any atom is 0.435 e. The van der Waals surface area contributed by atoms with Gasteiger partial charge in [0.1, 0.15) is 5.69 Å². The first-order valence-corrected chi connectivity index (χ1v) is 4.27. The molecule has 0 fully saturated rings. The number of rotatable bonds is 0. The van der Waals surface area contributed by atoms with Crippen LogP contribution in [0.5, 0.6) is 0 Å². The Morgan fingerprint density at radius 3 is 2.53 bits per heavy atom. The summed E-state index contributed by atoms with van der Waals surface area (Å²) in [7, 11) is 0. The maximum atomic E-state index is 13.2. The minimum atomic E-state index is -4.68. The second-order valence-electron chi connectivity index (χ2n) is 3.67. The van der Waals surface area contributed by atoms with Crippen molar-refractivity contribution >= 4 is 0 Å². The van der Waals surface area contributed by atoms with Crippen LogP contribution in [0.2, 0.25) is 0 Å². The Labute approximate surface area is 81.5 Å². The number of nitrogens with zero attached hydrogens (tertiary/aromatic N) is 1. The molecule has 1 aliphatic carbocycles. The molecule has 0 saturated carbocycles. The van der Waals surface area contributed by atoms with Gasteiger partial charge in [0.05, 0.1) is 0 Å². The van der Waals surface area contributed by atoms with Crippen LogP contribution < -0.4 is 0 Å². The topological polar surface area (TPSA) is 28.7 Å². The van der Waals surface area contributed by atoms with Crippen LogP contribution in [0.3, 0.4) is 0 Å². The minimum Gasteiger partial charge on any atom is -0.276 e. The summed E-state index contributed by atoms with van der Waals surface area (Å²) in [6, 6.07) is 0. The lowest BCUT2D eigenvalue weighted by molar-refractivity contribution is -0.142. The van der Waals surface area contributed by atoms with Crippen molar-refractivity contribution in [2.45, 2.75) is 31.4 Å². The normalized spacial score (nSPS) is 24.3. The van der Waals surface area contributed by atoms with E-state index in [9.17, 15) is 22.0 Å². The molecule has 0 aromatic carbocycles. The van der Waals surface area contributed by atoms with Crippen LogP contribution in [0.4, 0.5) is 22.0 Å². The summed E-state index contributed by atoms with van der Waals surface area (Å²) in [6.07, 6.45) is -5.28. The lowest BCUT2D eigenvalue weighted by Gasteiger charge is -2.08. The number of hydrogen-bond donors (Lipinski definition) is 1. The van der Waals surface area contributed by atoms with Crippen molar-refractivity contribution in [1.29, 1.82) is 0 Å². The molecule has 15 heavy (non-hydrogen) atoms. The van der Waals surface area contributed by atoms with Gasteiger partial charge in [0.2, 0.25) is 0 Å². The van der Waals surface area contributed by atoms with Crippen LogP contribution >= 0.6 is 0 Å². The van der Waals surface area contributed by atoms with Gasteiger partial charge in [-0.1, -0.05) is 6.92 Å². The van der Waals surface area contributed by atoms with Crippen LogP contribution in [0.15, 0.2) is 0 Å². The van der Waals surface area contributed by atoms with Crippen molar-refractivity contribution in [2.24, 2.45) is 0 Å². The number of H-pyrrole nitrogens is 1. The second kappa shape index (κ2) is 2.70. The van der Waals surface area contributed by atoms with Crippen LogP contribution in [0.25, 0.3) is 0 Å². The summed E-state index contributed by atoms with van der Waals surface area (Å²) in [5.41, 5.74) is -2.31. The van der Waals surface area contributed by atoms with E-state index in [2.05, 4.69) is 5.10 Å².